The van der Waals surface area contributed by atoms with Crippen LogP contribution in [0.15, 0.2) is 42.5 Å². The van der Waals surface area contributed by atoms with E-state index in [0.29, 0.717) is 5.56 Å². The van der Waals surface area contributed by atoms with Crippen molar-refractivity contribution in [2.75, 3.05) is 6.61 Å². The molecule has 1 N–H and O–H groups in total. The summed E-state index contributed by atoms with van der Waals surface area (Å²) in [5.41, 5.74) is -0.614. The van der Waals surface area contributed by atoms with Crippen molar-refractivity contribution < 1.29 is 29.2 Å². The maximum atomic E-state index is 12.1. The lowest BCUT2D eigenvalue weighted by atomic mass is 9.94. The fraction of sp³-hybridized carbons (Fsp3) is 0.278. The lowest BCUT2D eigenvalue weighted by Gasteiger charge is -2.19. The minimum Gasteiger partial charge on any atom is -0.465 e. The van der Waals surface area contributed by atoms with Crippen molar-refractivity contribution in [2.45, 2.75) is 25.9 Å². The number of aliphatic hydroxyl groups is 1. The molecular formula is C18H18N2O8. The van der Waals surface area contributed by atoms with Crippen LogP contribution in [0.2, 0.25) is 0 Å². The predicted octanol–water partition coefficient (Wildman–Crippen LogP) is 3.32. The molecule has 0 fully saturated rings. The summed E-state index contributed by atoms with van der Waals surface area (Å²) in [6, 6.07) is 9.10. The van der Waals surface area contributed by atoms with Crippen LogP contribution in [-0.4, -0.2) is 33.6 Å². The molecule has 148 valence electrons. The minimum atomic E-state index is -1.04. The lowest BCUT2D eigenvalue weighted by Crippen LogP contribution is -2.25. The van der Waals surface area contributed by atoms with E-state index in [9.17, 15) is 30.1 Å². The van der Waals surface area contributed by atoms with Crippen LogP contribution in [0, 0.1) is 20.2 Å². The van der Waals surface area contributed by atoms with E-state index in [-0.39, 0.29) is 18.1 Å². The molecule has 0 heterocycles. The van der Waals surface area contributed by atoms with E-state index in [1.165, 1.54) is 19.1 Å². The van der Waals surface area contributed by atoms with Crippen molar-refractivity contribution in [3.63, 3.8) is 0 Å². The van der Waals surface area contributed by atoms with Crippen molar-refractivity contribution in [1.82, 2.24) is 0 Å². The molecule has 28 heavy (non-hydrogen) atoms. The van der Waals surface area contributed by atoms with Gasteiger partial charge in [-0.2, -0.15) is 0 Å². The Hall–Kier alpha value is -3.53. The van der Waals surface area contributed by atoms with Gasteiger partial charge in [0.1, 0.15) is 11.7 Å². The van der Waals surface area contributed by atoms with Crippen LogP contribution in [0.4, 0.5) is 11.4 Å². The van der Waals surface area contributed by atoms with Gasteiger partial charge in [0.15, 0.2) is 0 Å². The topological polar surface area (TPSA) is 142 Å². The van der Waals surface area contributed by atoms with Crippen LogP contribution in [0.3, 0.4) is 0 Å². The van der Waals surface area contributed by atoms with Gasteiger partial charge in [0.2, 0.25) is 5.75 Å². The molecule has 2 atom stereocenters. The highest BCUT2D eigenvalue weighted by molar-refractivity contribution is 5.79. The van der Waals surface area contributed by atoms with Crippen molar-refractivity contribution in [3.8, 4) is 11.5 Å². The van der Waals surface area contributed by atoms with Crippen molar-refractivity contribution in [3.05, 3.63) is 68.3 Å². The number of benzene rings is 2. The van der Waals surface area contributed by atoms with Crippen molar-refractivity contribution in [1.29, 1.82) is 0 Å². The third-order valence-corrected chi connectivity index (χ3v) is 3.82. The van der Waals surface area contributed by atoms with Crippen LogP contribution < -0.4 is 4.74 Å². The maximum absolute atomic E-state index is 12.1. The molecule has 10 heteroatoms. The first-order chi connectivity index (χ1) is 13.2. The highest BCUT2D eigenvalue weighted by Gasteiger charge is 2.28. The number of carbonyl (C=O) groups excluding carboxylic acids is 1. The number of rotatable bonds is 8. The number of hydrogen-bond donors (Lipinski definition) is 1. The molecule has 0 aliphatic carbocycles. The van der Waals surface area contributed by atoms with Gasteiger partial charge < -0.3 is 14.6 Å². The molecule has 2 aromatic carbocycles. The van der Waals surface area contributed by atoms with E-state index < -0.39 is 39.2 Å². The number of nitro benzene ring substituents is 2. The summed E-state index contributed by atoms with van der Waals surface area (Å²) in [7, 11) is 0. The first-order valence-corrected chi connectivity index (χ1v) is 8.30. The number of nitrogens with zero attached hydrogens (tertiary/aromatic N) is 2. The van der Waals surface area contributed by atoms with Gasteiger partial charge >= 0.3 is 11.7 Å². The Kier molecular flexibility index (Phi) is 6.61. The molecule has 0 saturated carbocycles. The Balaban J connectivity index is 2.38. The smallest absolute Gasteiger partial charge is 0.318 e. The molecular weight excluding hydrogens is 372 g/mol. The summed E-state index contributed by atoms with van der Waals surface area (Å²) in [4.78, 5) is 32.6. The SMILES string of the molecule is CCOC(=O)C(c1cccc(Oc2ccc([N+](=O)[O-])cc2[N+](=O)[O-])c1)C(C)O. The molecule has 2 rings (SSSR count). The van der Waals surface area contributed by atoms with Crippen LogP contribution in [-0.2, 0) is 9.53 Å². The molecule has 2 aromatic rings. The number of ether oxygens (including phenoxy) is 2. The Morgan fingerprint density at radius 1 is 1.14 bits per heavy atom. The highest BCUT2D eigenvalue weighted by atomic mass is 16.6. The van der Waals surface area contributed by atoms with Crippen LogP contribution in [0.1, 0.15) is 25.3 Å². The number of non-ortho nitro benzene ring substituents is 1. The Morgan fingerprint density at radius 2 is 1.86 bits per heavy atom. The summed E-state index contributed by atoms with van der Waals surface area (Å²) in [5.74, 6) is -1.62. The lowest BCUT2D eigenvalue weighted by molar-refractivity contribution is -0.394. The average Bonchev–Trinajstić information content (AvgIpc) is 2.62. The molecule has 0 aromatic heterocycles. The quantitative estimate of drug-likeness (QED) is 0.411. The second-order valence-electron chi connectivity index (χ2n) is 5.81. The van der Waals surface area contributed by atoms with Crippen molar-refractivity contribution >= 4 is 17.3 Å². The normalized spacial score (nSPS) is 12.7. The van der Waals surface area contributed by atoms with Crippen LogP contribution in [0.25, 0.3) is 0 Å². The fourth-order valence-electron chi connectivity index (χ4n) is 2.59. The first kappa shape index (κ1) is 20.8. The van der Waals surface area contributed by atoms with Gasteiger partial charge in [0, 0.05) is 6.07 Å². The molecule has 10 nitrogen and oxygen atoms in total. The van der Waals surface area contributed by atoms with Gasteiger partial charge in [0.05, 0.1) is 28.6 Å². The summed E-state index contributed by atoms with van der Waals surface area (Å²) in [6.45, 7) is 3.23. The molecule has 0 amide bonds. The zero-order valence-corrected chi connectivity index (χ0v) is 15.1. The molecule has 0 radical (unpaired) electrons. The predicted molar refractivity (Wildman–Crippen MR) is 97.3 cm³/mol. The summed E-state index contributed by atoms with van der Waals surface area (Å²) >= 11 is 0. The first-order valence-electron chi connectivity index (χ1n) is 8.30. The number of carbonyl (C=O) groups is 1. The van der Waals surface area contributed by atoms with E-state index >= 15 is 0 Å². The molecule has 0 aliphatic heterocycles. The second kappa shape index (κ2) is 8.91. The molecule has 0 bridgehead atoms. The number of aliphatic hydroxyl groups excluding tert-OH is 1. The molecule has 0 saturated heterocycles. The Morgan fingerprint density at radius 3 is 2.43 bits per heavy atom. The summed E-state index contributed by atoms with van der Waals surface area (Å²) in [6.07, 6.45) is -1.04. The second-order valence-corrected chi connectivity index (χ2v) is 5.81. The number of nitro groups is 2. The van der Waals surface area contributed by atoms with Gasteiger partial charge in [-0.1, -0.05) is 12.1 Å². The zero-order chi connectivity index (χ0) is 20.8. The molecule has 0 aliphatic rings. The van der Waals surface area contributed by atoms with Gasteiger partial charge in [-0.25, -0.2) is 0 Å². The van der Waals surface area contributed by atoms with E-state index in [2.05, 4.69) is 0 Å². The average molecular weight is 390 g/mol. The third kappa shape index (κ3) is 4.80. The number of esters is 1. The Bertz CT molecular complexity index is 897. The maximum Gasteiger partial charge on any atom is 0.318 e. The van der Waals surface area contributed by atoms with E-state index in [4.69, 9.17) is 9.47 Å². The summed E-state index contributed by atoms with van der Waals surface area (Å²) < 4.78 is 10.5. The monoisotopic (exact) mass is 390 g/mol. The number of hydrogen-bond acceptors (Lipinski definition) is 8. The van der Waals surface area contributed by atoms with Gasteiger partial charge in [-0.05, 0) is 37.6 Å². The largest absolute Gasteiger partial charge is 0.465 e. The third-order valence-electron chi connectivity index (χ3n) is 3.82. The van der Waals surface area contributed by atoms with E-state index in [0.717, 1.165) is 18.2 Å². The zero-order valence-electron chi connectivity index (χ0n) is 15.1. The van der Waals surface area contributed by atoms with Crippen LogP contribution in [0.5, 0.6) is 11.5 Å². The standard InChI is InChI=1S/C18H18N2O8/c1-3-27-18(22)17(11(2)21)12-5-4-6-14(9-12)28-16-8-7-13(19(23)24)10-15(16)20(25)26/h4-11,17,21H,3H2,1-2H3. The van der Waals surface area contributed by atoms with Gasteiger partial charge in [-0.15, -0.1) is 0 Å². The van der Waals surface area contributed by atoms with Gasteiger partial charge in [-0.3, -0.25) is 25.0 Å². The summed E-state index contributed by atoms with van der Waals surface area (Å²) in [5, 5.41) is 32.0. The van der Waals surface area contributed by atoms with Crippen molar-refractivity contribution in [2.24, 2.45) is 0 Å². The fourth-order valence-corrected chi connectivity index (χ4v) is 2.59. The minimum absolute atomic E-state index is 0.146. The molecule has 0 spiro atoms. The van der Waals surface area contributed by atoms with Crippen LogP contribution >= 0.6 is 0 Å². The van der Waals surface area contributed by atoms with E-state index in [1.54, 1.807) is 19.1 Å². The molecule has 2 unspecified atom stereocenters. The van der Waals surface area contributed by atoms with Gasteiger partial charge in [0.25, 0.3) is 5.69 Å². The van der Waals surface area contributed by atoms with E-state index in [1.807, 2.05) is 0 Å². The Labute approximate surface area is 159 Å². The highest BCUT2D eigenvalue weighted by Crippen LogP contribution is 2.35.